The first kappa shape index (κ1) is 11.4. The number of hydrogen-bond donors (Lipinski definition) is 2. The molecule has 1 aromatic carbocycles. The van der Waals surface area contributed by atoms with Crippen LogP contribution >= 0.6 is 0 Å². The normalized spacial score (nSPS) is 14.3. The van der Waals surface area contributed by atoms with Crippen LogP contribution in [0.15, 0.2) is 24.3 Å². The van der Waals surface area contributed by atoms with Crippen LogP contribution in [0.2, 0.25) is 0 Å². The molecule has 0 aromatic heterocycles. The van der Waals surface area contributed by atoms with Gasteiger partial charge in [-0.2, -0.15) is 0 Å². The highest BCUT2D eigenvalue weighted by Gasteiger charge is 2.24. The second-order valence-corrected chi connectivity index (χ2v) is 3.66. The van der Waals surface area contributed by atoms with Crippen LogP contribution in [-0.4, -0.2) is 29.9 Å². The van der Waals surface area contributed by atoms with Crippen LogP contribution < -0.4 is 16.0 Å². The molecule has 6 nitrogen and oxygen atoms in total. The Morgan fingerprint density at radius 2 is 2.12 bits per heavy atom. The maximum absolute atomic E-state index is 11.7. The number of hydrazine groups is 1. The second-order valence-electron chi connectivity index (χ2n) is 3.66. The van der Waals surface area contributed by atoms with Gasteiger partial charge in [0.05, 0.1) is 6.54 Å². The largest absolute Gasteiger partial charge is 0.491 e. The molecule has 90 valence electrons. The zero-order valence-electron chi connectivity index (χ0n) is 9.18. The Morgan fingerprint density at radius 3 is 2.88 bits per heavy atom. The zero-order valence-corrected chi connectivity index (χ0v) is 9.18. The molecular formula is C11H13N3O3. The van der Waals surface area contributed by atoms with Crippen molar-refractivity contribution in [3.05, 3.63) is 29.8 Å². The summed E-state index contributed by atoms with van der Waals surface area (Å²) in [5.41, 5.74) is 2.71. The number of carbonyl (C=O) groups excluding carboxylic acids is 2. The van der Waals surface area contributed by atoms with Gasteiger partial charge in [-0.3, -0.25) is 15.0 Å². The van der Waals surface area contributed by atoms with Gasteiger partial charge in [-0.05, 0) is 6.07 Å². The third-order valence-corrected chi connectivity index (χ3v) is 2.57. The van der Waals surface area contributed by atoms with Crippen molar-refractivity contribution in [2.75, 3.05) is 13.2 Å². The lowest BCUT2D eigenvalue weighted by molar-refractivity contribution is -0.146. The number of nitrogens with two attached hydrogens (primary N) is 1. The highest BCUT2D eigenvalue weighted by Crippen LogP contribution is 2.22. The summed E-state index contributed by atoms with van der Waals surface area (Å²) < 4.78 is 5.49. The summed E-state index contributed by atoms with van der Waals surface area (Å²) in [5, 5.41) is 0. The topological polar surface area (TPSA) is 84.7 Å². The van der Waals surface area contributed by atoms with E-state index in [0.29, 0.717) is 19.7 Å². The molecule has 17 heavy (non-hydrogen) atoms. The number of nitrogens with one attached hydrogen (secondary N) is 1. The predicted molar refractivity (Wildman–Crippen MR) is 59.7 cm³/mol. The number of nitrogens with zero attached hydrogens (tertiary/aromatic N) is 1. The molecule has 0 aliphatic carbocycles. The molecule has 0 spiro atoms. The molecule has 0 saturated heterocycles. The Kier molecular flexibility index (Phi) is 3.24. The van der Waals surface area contributed by atoms with Crippen molar-refractivity contribution in [3.8, 4) is 5.75 Å². The first-order valence-corrected chi connectivity index (χ1v) is 5.23. The van der Waals surface area contributed by atoms with Crippen LogP contribution in [0.25, 0.3) is 0 Å². The average Bonchev–Trinajstić information content (AvgIpc) is 2.58. The molecule has 3 N–H and O–H groups in total. The molecule has 0 radical (unpaired) electrons. The number of fused-ring (bicyclic) bond motifs is 1. The van der Waals surface area contributed by atoms with Crippen LogP contribution in [0, 0.1) is 0 Å². The van der Waals surface area contributed by atoms with Crippen LogP contribution in [-0.2, 0) is 16.1 Å². The summed E-state index contributed by atoms with van der Waals surface area (Å²) in [6.07, 6.45) is 0. The van der Waals surface area contributed by atoms with Crippen molar-refractivity contribution in [1.29, 1.82) is 0 Å². The quantitative estimate of drug-likeness (QED) is 0.272. The van der Waals surface area contributed by atoms with Crippen molar-refractivity contribution in [2.24, 2.45) is 5.84 Å². The van der Waals surface area contributed by atoms with Gasteiger partial charge in [0.1, 0.15) is 12.4 Å². The van der Waals surface area contributed by atoms with Crippen LogP contribution in [0.3, 0.4) is 0 Å². The summed E-state index contributed by atoms with van der Waals surface area (Å²) in [6.45, 7) is 1.07. The van der Waals surface area contributed by atoms with Gasteiger partial charge >= 0.3 is 11.8 Å². The lowest BCUT2D eigenvalue weighted by Gasteiger charge is -2.18. The van der Waals surface area contributed by atoms with Crippen LogP contribution in [0.4, 0.5) is 0 Å². The minimum atomic E-state index is -0.815. The number of rotatable bonds is 0. The molecule has 1 heterocycles. The predicted octanol–water partition coefficient (Wildman–Crippen LogP) is -0.603. The van der Waals surface area contributed by atoms with Gasteiger partial charge in [0.15, 0.2) is 0 Å². The van der Waals surface area contributed by atoms with Crippen LogP contribution in [0.5, 0.6) is 5.75 Å². The number of para-hydroxylation sites is 1. The molecule has 2 rings (SSSR count). The summed E-state index contributed by atoms with van der Waals surface area (Å²) in [5.74, 6) is 4.22. The maximum atomic E-state index is 11.7. The maximum Gasteiger partial charge on any atom is 0.323 e. The van der Waals surface area contributed by atoms with Gasteiger partial charge in [0, 0.05) is 12.1 Å². The third-order valence-electron chi connectivity index (χ3n) is 2.57. The fraction of sp³-hybridized carbons (Fsp3) is 0.273. The number of carbonyl (C=O) groups is 2. The van der Waals surface area contributed by atoms with Gasteiger partial charge in [0.2, 0.25) is 0 Å². The number of amides is 2. The minimum Gasteiger partial charge on any atom is -0.491 e. The molecule has 0 bridgehead atoms. The van der Waals surface area contributed by atoms with Crippen LogP contribution in [0.1, 0.15) is 5.56 Å². The van der Waals surface area contributed by atoms with E-state index in [1.165, 1.54) is 4.90 Å². The summed E-state index contributed by atoms with van der Waals surface area (Å²) in [4.78, 5) is 24.2. The summed E-state index contributed by atoms with van der Waals surface area (Å²) >= 11 is 0. The van der Waals surface area contributed by atoms with E-state index in [-0.39, 0.29) is 0 Å². The van der Waals surface area contributed by atoms with E-state index in [0.717, 1.165) is 11.3 Å². The smallest absolute Gasteiger partial charge is 0.323 e. The van der Waals surface area contributed by atoms with Crippen molar-refractivity contribution in [2.45, 2.75) is 6.54 Å². The van der Waals surface area contributed by atoms with Gasteiger partial charge in [-0.15, -0.1) is 0 Å². The SMILES string of the molecule is NNC(=O)C(=O)N1CCOc2ccccc2C1. The second kappa shape index (κ2) is 4.84. The van der Waals surface area contributed by atoms with Crippen molar-refractivity contribution >= 4 is 11.8 Å². The average molecular weight is 235 g/mol. The fourth-order valence-electron chi connectivity index (χ4n) is 1.70. The van der Waals surface area contributed by atoms with Gasteiger partial charge in [-0.1, -0.05) is 18.2 Å². The van der Waals surface area contributed by atoms with Crippen molar-refractivity contribution in [3.63, 3.8) is 0 Å². The van der Waals surface area contributed by atoms with E-state index >= 15 is 0 Å². The van der Waals surface area contributed by atoms with E-state index < -0.39 is 11.8 Å². The van der Waals surface area contributed by atoms with Gasteiger partial charge in [-0.25, -0.2) is 5.84 Å². The Hall–Kier alpha value is -2.08. The molecular weight excluding hydrogens is 222 g/mol. The number of hydrogen-bond acceptors (Lipinski definition) is 4. The third kappa shape index (κ3) is 2.36. The Labute approximate surface area is 98.3 Å². The molecule has 1 aromatic rings. The van der Waals surface area contributed by atoms with Crippen molar-refractivity contribution in [1.82, 2.24) is 10.3 Å². The van der Waals surface area contributed by atoms with Gasteiger partial charge in [0.25, 0.3) is 0 Å². The Bertz CT molecular complexity index is 447. The Morgan fingerprint density at radius 1 is 1.35 bits per heavy atom. The van der Waals surface area contributed by atoms with Crippen molar-refractivity contribution < 1.29 is 14.3 Å². The summed E-state index contributed by atoms with van der Waals surface area (Å²) in [7, 11) is 0. The lowest BCUT2D eigenvalue weighted by Crippen LogP contribution is -2.45. The van der Waals surface area contributed by atoms with Gasteiger partial charge < -0.3 is 9.64 Å². The molecule has 6 heteroatoms. The fourth-order valence-corrected chi connectivity index (χ4v) is 1.70. The molecule has 1 aliphatic rings. The van der Waals surface area contributed by atoms with E-state index in [9.17, 15) is 9.59 Å². The molecule has 0 fully saturated rings. The molecule has 0 unspecified atom stereocenters. The molecule has 2 amide bonds. The summed E-state index contributed by atoms with van der Waals surface area (Å²) in [6, 6.07) is 7.43. The monoisotopic (exact) mass is 235 g/mol. The lowest BCUT2D eigenvalue weighted by atomic mass is 10.2. The van der Waals surface area contributed by atoms with E-state index in [4.69, 9.17) is 10.6 Å². The van der Waals surface area contributed by atoms with E-state index in [1.54, 1.807) is 0 Å². The molecule has 1 aliphatic heterocycles. The Balaban J connectivity index is 2.18. The standard InChI is InChI=1S/C11H13N3O3/c12-13-10(15)11(16)14-5-6-17-9-4-2-1-3-8(9)7-14/h1-4H,5-7,12H2,(H,13,15). The van der Waals surface area contributed by atoms with E-state index in [1.807, 2.05) is 29.7 Å². The number of ether oxygens (including phenoxy) is 1. The number of benzene rings is 1. The first-order chi connectivity index (χ1) is 8.22. The highest BCUT2D eigenvalue weighted by atomic mass is 16.5. The zero-order chi connectivity index (χ0) is 12.3. The first-order valence-electron chi connectivity index (χ1n) is 5.23. The molecule has 0 atom stereocenters. The van der Waals surface area contributed by atoms with E-state index in [2.05, 4.69) is 0 Å². The molecule has 0 saturated carbocycles. The minimum absolute atomic E-state index is 0.350. The highest BCUT2D eigenvalue weighted by molar-refractivity contribution is 6.34.